The first-order valence-corrected chi connectivity index (χ1v) is 7.62. The van der Waals surface area contributed by atoms with E-state index >= 15 is 0 Å². The molecule has 0 aromatic heterocycles. The lowest BCUT2D eigenvalue weighted by Gasteiger charge is -2.18. The van der Waals surface area contributed by atoms with Crippen molar-refractivity contribution in [3.05, 3.63) is 65.2 Å². The molecule has 0 radical (unpaired) electrons. The van der Waals surface area contributed by atoms with Crippen LogP contribution in [0.5, 0.6) is 0 Å². The molecule has 1 unspecified atom stereocenters. The van der Waals surface area contributed by atoms with Crippen LogP contribution in [-0.2, 0) is 16.1 Å². The van der Waals surface area contributed by atoms with Crippen LogP contribution in [0, 0.1) is 11.3 Å². The number of amides is 1. The highest BCUT2D eigenvalue weighted by Crippen LogP contribution is 2.20. The van der Waals surface area contributed by atoms with Gasteiger partial charge >= 0.3 is 0 Å². The molecule has 0 saturated heterocycles. The standard InChI is InChI=1S/C19H21N3O2/c1-22(2)17-10-8-16(9-11-17)18(24-3)19(23)21-13-15-6-4-14(12-20)5-7-15/h4-11,18H,13H2,1-3H3,(H,21,23). The van der Waals surface area contributed by atoms with E-state index in [2.05, 4.69) is 11.4 Å². The molecule has 1 amide bonds. The van der Waals surface area contributed by atoms with E-state index in [1.807, 2.05) is 55.4 Å². The van der Waals surface area contributed by atoms with E-state index in [0.29, 0.717) is 12.1 Å². The fraction of sp³-hybridized carbons (Fsp3) is 0.263. The molecule has 1 atom stereocenters. The average Bonchev–Trinajstić information content (AvgIpc) is 2.61. The molecule has 2 rings (SSSR count). The van der Waals surface area contributed by atoms with Gasteiger partial charge in [-0.2, -0.15) is 5.26 Å². The molecular weight excluding hydrogens is 302 g/mol. The number of rotatable bonds is 6. The van der Waals surface area contributed by atoms with Gasteiger partial charge in [0.1, 0.15) is 0 Å². The fourth-order valence-electron chi connectivity index (χ4n) is 2.32. The number of hydrogen-bond acceptors (Lipinski definition) is 4. The summed E-state index contributed by atoms with van der Waals surface area (Å²) in [6.45, 7) is 0.389. The number of ether oxygens (including phenoxy) is 1. The summed E-state index contributed by atoms with van der Waals surface area (Å²) < 4.78 is 5.35. The topological polar surface area (TPSA) is 65.4 Å². The maximum atomic E-state index is 12.4. The van der Waals surface area contributed by atoms with Gasteiger partial charge in [0.2, 0.25) is 0 Å². The number of methoxy groups -OCH3 is 1. The molecule has 0 saturated carbocycles. The van der Waals surface area contributed by atoms with Gasteiger partial charge in [-0.1, -0.05) is 24.3 Å². The van der Waals surface area contributed by atoms with Crippen molar-refractivity contribution in [3.8, 4) is 6.07 Å². The van der Waals surface area contributed by atoms with Crippen molar-refractivity contribution in [3.63, 3.8) is 0 Å². The van der Waals surface area contributed by atoms with Crippen molar-refractivity contribution in [2.24, 2.45) is 0 Å². The molecule has 0 fully saturated rings. The van der Waals surface area contributed by atoms with E-state index in [-0.39, 0.29) is 5.91 Å². The zero-order chi connectivity index (χ0) is 17.5. The Hall–Kier alpha value is -2.84. The van der Waals surface area contributed by atoms with Gasteiger partial charge in [-0.3, -0.25) is 4.79 Å². The molecular formula is C19H21N3O2. The normalized spacial score (nSPS) is 11.4. The first-order valence-electron chi connectivity index (χ1n) is 7.62. The minimum absolute atomic E-state index is 0.195. The minimum Gasteiger partial charge on any atom is -0.378 e. The molecule has 0 aliphatic rings. The summed E-state index contributed by atoms with van der Waals surface area (Å²) in [7, 11) is 5.45. The fourth-order valence-corrected chi connectivity index (χ4v) is 2.32. The summed E-state index contributed by atoms with van der Waals surface area (Å²) in [5.74, 6) is -0.195. The summed E-state index contributed by atoms with van der Waals surface area (Å²) >= 11 is 0. The Balaban J connectivity index is 2.01. The highest BCUT2D eigenvalue weighted by molar-refractivity contribution is 5.82. The largest absolute Gasteiger partial charge is 0.378 e. The quantitative estimate of drug-likeness (QED) is 0.887. The summed E-state index contributed by atoms with van der Waals surface area (Å²) in [4.78, 5) is 14.4. The summed E-state index contributed by atoms with van der Waals surface area (Å²) in [5.41, 5.74) is 3.40. The van der Waals surface area contributed by atoms with Crippen molar-refractivity contribution in [2.75, 3.05) is 26.1 Å². The molecule has 124 valence electrons. The monoisotopic (exact) mass is 323 g/mol. The van der Waals surface area contributed by atoms with E-state index in [4.69, 9.17) is 10.00 Å². The van der Waals surface area contributed by atoms with Crippen molar-refractivity contribution in [2.45, 2.75) is 12.6 Å². The number of anilines is 1. The zero-order valence-corrected chi connectivity index (χ0v) is 14.1. The Kier molecular flexibility index (Phi) is 5.94. The lowest BCUT2D eigenvalue weighted by Crippen LogP contribution is -2.30. The predicted octanol–water partition coefficient (Wildman–Crippen LogP) is 2.63. The predicted molar refractivity (Wildman–Crippen MR) is 93.5 cm³/mol. The molecule has 0 spiro atoms. The number of nitrogens with zero attached hydrogens (tertiary/aromatic N) is 2. The van der Waals surface area contributed by atoms with Crippen LogP contribution in [0.25, 0.3) is 0 Å². The molecule has 0 aliphatic carbocycles. The van der Waals surface area contributed by atoms with Crippen molar-refractivity contribution >= 4 is 11.6 Å². The summed E-state index contributed by atoms with van der Waals surface area (Å²) in [6, 6.07) is 16.9. The second kappa shape index (κ2) is 8.14. The first-order chi connectivity index (χ1) is 11.5. The molecule has 5 heteroatoms. The van der Waals surface area contributed by atoms with Crippen LogP contribution in [0.2, 0.25) is 0 Å². The van der Waals surface area contributed by atoms with E-state index < -0.39 is 6.10 Å². The van der Waals surface area contributed by atoms with Crippen LogP contribution in [-0.4, -0.2) is 27.1 Å². The van der Waals surface area contributed by atoms with Gasteiger partial charge in [0.25, 0.3) is 5.91 Å². The number of hydrogen-bond donors (Lipinski definition) is 1. The molecule has 0 aliphatic heterocycles. The van der Waals surface area contributed by atoms with Gasteiger partial charge in [-0.05, 0) is 35.4 Å². The molecule has 24 heavy (non-hydrogen) atoms. The van der Waals surface area contributed by atoms with Crippen molar-refractivity contribution < 1.29 is 9.53 Å². The average molecular weight is 323 g/mol. The third kappa shape index (κ3) is 4.34. The Morgan fingerprint density at radius 1 is 1.17 bits per heavy atom. The Morgan fingerprint density at radius 3 is 2.29 bits per heavy atom. The lowest BCUT2D eigenvalue weighted by molar-refractivity contribution is -0.131. The number of nitriles is 1. The Bertz CT molecular complexity index is 716. The smallest absolute Gasteiger partial charge is 0.254 e. The number of benzene rings is 2. The number of carbonyl (C=O) groups excluding carboxylic acids is 1. The van der Waals surface area contributed by atoms with Crippen LogP contribution in [0.1, 0.15) is 22.8 Å². The van der Waals surface area contributed by atoms with Crippen LogP contribution in [0.15, 0.2) is 48.5 Å². The summed E-state index contributed by atoms with van der Waals surface area (Å²) in [5, 5.41) is 11.7. The highest BCUT2D eigenvalue weighted by Gasteiger charge is 2.19. The molecule has 2 aromatic carbocycles. The van der Waals surface area contributed by atoms with Gasteiger partial charge in [-0.25, -0.2) is 0 Å². The van der Waals surface area contributed by atoms with Crippen LogP contribution in [0.3, 0.4) is 0 Å². The molecule has 2 aromatic rings. The van der Waals surface area contributed by atoms with E-state index in [1.165, 1.54) is 7.11 Å². The second-order valence-electron chi connectivity index (χ2n) is 5.63. The second-order valence-corrected chi connectivity index (χ2v) is 5.63. The zero-order valence-electron chi connectivity index (χ0n) is 14.1. The SMILES string of the molecule is COC(C(=O)NCc1ccc(C#N)cc1)c1ccc(N(C)C)cc1. The third-order valence-corrected chi connectivity index (χ3v) is 3.74. The van der Waals surface area contributed by atoms with E-state index in [1.54, 1.807) is 12.1 Å². The van der Waals surface area contributed by atoms with Crippen molar-refractivity contribution in [1.82, 2.24) is 5.32 Å². The molecule has 0 bridgehead atoms. The van der Waals surface area contributed by atoms with Crippen molar-refractivity contribution in [1.29, 1.82) is 5.26 Å². The van der Waals surface area contributed by atoms with Crippen LogP contribution in [0.4, 0.5) is 5.69 Å². The van der Waals surface area contributed by atoms with E-state index in [0.717, 1.165) is 16.8 Å². The van der Waals surface area contributed by atoms with Gasteiger partial charge in [0.05, 0.1) is 11.6 Å². The van der Waals surface area contributed by atoms with Crippen LogP contribution < -0.4 is 10.2 Å². The molecule has 0 heterocycles. The highest BCUT2D eigenvalue weighted by atomic mass is 16.5. The maximum Gasteiger partial charge on any atom is 0.254 e. The Morgan fingerprint density at radius 2 is 1.79 bits per heavy atom. The molecule has 5 nitrogen and oxygen atoms in total. The first kappa shape index (κ1) is 17.5. The molecule has 1 N–H and O–H groups in total. The van der Waals surface area contributed by atoms with E-state index in [9.17, 15) is 4.79 Å². The lowest BCUT2D eigenvalue weighted by atomic mass is 10.1. The number of nitrogens with one attached hydrogen (secondary N) is 1. The maximum absolute atomic E-state index is 12.4. The van der Waals surface area contributed by atoms with Crippen LogP contribution >= 0.6 is 0 Å². The summed E-state index contributed by atoms with van der Waals surface area (Å²) in [6.07, 6.45) is -0.653. The third-order valence-electron chi connectivity index (χ3n) is 3.74. The number of carbonyl (C=O) groups is 1. The van der Waals surface area contributed by atoms with Gasteiger partial charge in [0, 0.05) is 33.4 Å². The van der Waals surface area contributed by atoms with Gasteiger partial charge < -0.3 is 15.0 Å². The Labute approximate surface area is 142 Å². The van der Waals surface area contributed by atoms with Gasteiger partial charge in [0.15, 0.2) is 6.10 Å². The minimum atomic E-state index is -0.653. The van der Waals surface area contributed by atoms with Gasteiger partial charge in [-0.15, -0.1) is 0 Å².